The molecule has 5 nitrogen and oxygen atoms in total. The predicted molar refractivity (Wildman–Crippen MR) is 84.9 cm³/mol. The van der Waals surface area contributed by atoms with Crippen LogP contribution in [0.5, 0.6) is 0 Å². The van der Waals surface area contributed by atoms with Crippen molar-refractivity contribution in [2.75, 3.05) is 12.0 Å². The summed E-state index contributed by atoms with van der Waals surface area (Å²) in [5.41, 5.74) is 4.16. The van der Waals surface area contributed by atoms with Crippen LogP contribution in [-0.2, 0) is 6.42 Å². The average Bonchev–Trinajstić information content (AvgIpc) is 2.49. The maximum atomic E-state index is 12.8. The lowest BCUT2D eigenvalue weighted by Crippen LogP contribution is -2.46. The van der Waals surface area contributed by atoms with Crippen molar-refractivity contribution in [3.8, 4) is 0 Å². The summed E-state index contributed by atoms with van der Waals surface area (Å²) < 4.78 is 0. The SMILES string of the molecule is CCCc1cc(C(=O)N2CCCC(C)C2C)cc(NN)n1. The van der Waals surface area contributed by atoms with E-state index in [1.165, 1.54) is 6.42 Å². The van der Waals surface area contributed by atoms with Crippen molar-refractivity contribution in [2.24, 2.45) is 11.8 Å². The summed E-state index contributed by atoms with van der Waals surface area (Å²) in [6, 6.07) is 3.93. The number of amides is 1. The number of pyridine rings is 1. The first kappa shape index (κ1) is 15.8. The zero-order valence-electron chi connectivity index (χ0n) is 13.2. The second-order valence-electron chi connectivity index (χ2n) is 5.99. The van der Waals surface area contributed by atoms with Crippen LogP contribution in [0.4, 0.5) is 5.82 Å². The summed E-state index contributed by atoms with van der Waals surface area (Å²) in [5.74, 6) is 6.67. The predicted octanol–water partition coefficient (Wildman–Crippen LogP) is 2.58. The molecule has 0 aromatic carbocycles. The maximum Gasteiger partial charge on any atom is 0.254 e. The largest absolute Gasteiger partial charge is 0.336 e. The molecule has 5 heteroatoms. The molecule has 2 atom stereocenters. The highest BCUT2D eigenvalue weighted by molar-refractivity contribution is 5.95. The third kappa shape index (κ3) is 3.53. The van der Waals surface area contributed by atoms with Gasteiger partial charge in [0.25, 0.3) is 5.91 Å². The Hall–Kier alpha value is -1.62. The van der Waals surface area contributed by atoms with Crippen LogP contribution in [0, 0.1) is 5.92 Å². The number of likely N-dealkylation sites (tertiary alicyclic amines) is 1. The number of hydrogen-bond donors (Lipinski definition) is 2. The van der Waals surface area contributed by atoms with Crippen molar-refractivity contribution in [3.05, 3.63) is 23.4 Å². The van der Waals surface area contributed by atoms with Crippen LogP contribution in [0.25, 0.3) is 0 Å². The van der Waals surface area contributed by atoms with Gasteiger partial charge in [-0.1, -0.05) is 20.3 Å². The van der Waals surface area contributed by atoms with E-state index in [0.29, 0.717) is 17.3 Å². The summed E-state index contributed by atoms with van der Waals surface area (Å²) in [5, 5.41) is 0. The van der Waals surface area contributed by atoms with Gasteiger partial charge in [-0.15, -0.1) is 0 Å². The van der Waals surface area contributed by atoms with Crippen molar-refractivity contribution in [3.63, 3.8) is 0 Å². The number of nitrogens with zero attached hydrogens (tertiary/aromatic N) is 2. The summed E-state index contributed by atoms with van der Waals surface area (Å²) in [7, 11) is 0. The van der Waals surface area contributed by atoms with Crippen molar-refractivity contribution < 1.29 is 4.79 Å². The first-order valence-electron chi connectivity index (χ1n) is 7.85. The smallest absolute Gasteiger partial charge is 0.254 e. The van der Waals surface area contributed by atoms with Crippen LogP contribution < -0.4 is 11.3 Å². The highest BCUT2D eigenvalue weighted by atomic mass is 16.2. The number of hydrazine groups is 1. The number of rotatable bonds is 4. The minimum absolute atomic E-state index is 0.0882. The molecule has 1 aliphatic rings. The van der Waals surface area contributed by atoms with E-state index in [2.05, 4.69) is 31.2 Å². The molecule has 0 saturated carbocycles. The number of anilines is 1. The number of aromatic nitrogens is 1. The van der Waals surface area contributed by atoms with E-state index in [9.17, 15) is 4.79 Å². The first-order chi connectivity index (χ1) is 10.1. The Morgan fingerprint density at radius 2 is 2.24 bits per heavy atom. The average molecular weight is 290 g/mol. The number of carbonyl (C=O) groups excluding carboxylic acids is 1. The molecule has 116 valence electrons. The third-order valence-corrected chi connectivity index (χ3v) is 4.41. The van der Waals surface area contributed by atoms with Crippen molar-refractivity contribution in [2.45, 2.75) is 52.5 Å². The lowest BCUT2D eigenvalue weighted by Gasteiger charge is -2.38. The zero-order chi connectivity index (χ0) is 15.4. The number of nitrogen functional groups attached to an aromatic ring is 1. The second-order valence-corrected chi connectivity index (χ2v) is 5.99. The Balaban J connectivity index is 2.27. The van der Waals surface area contributed by atoms with E-state index in [-0.39, 0.29) is 11.9 Å². The summed E-state index contributed by atoms with van der Waals surface area (Å²) >= 11 is 0. The van der Waals surface area contributed by atoms with E-state index in [4.69, 9.17) is 5.84 Å². The van der Waals surface area contributed by atoms with Crippen LogP contribution in [0.2, 0.25) is 0 Å². The molecule has 2 rings (SSSR count). The van der Waals surface area contributed by atoms with Crippen LogP contribution in [-0.4, -0.2) is 28.4 Å². The Morgan fingerprint density at radius 3 is 2.90 bits per heavy atom. The highest BCUT2D eigenvalue weighted by Gasteiger charge is 2.29. The molecule has 1 aromatic rings. The normalized spacial score (nSPS) is 22.2. The van der Waals surface area contributed by atoms with Crippen molar-refractivity contribution in [1.82, 2.24) is 9.88 Å². The van der Waals surface area contributed by atoms with Gasteiger partial charge >= 0.3 is 0 Å². The minimum atomic E-state index is 0.0882. The first-order valence-corrected chi connectivity index (χ1v) is 7.85. The summed E-state index contributed by atoms with van der Waals surface area (Å²) in [4.78, 5) is 19.2. The van der Waals surface area contributed by atoms with Gasteiger partial charge in [-0.2, -0.15) is 0 Å². The quantitative estimate of drug-likeness (QED) is 0.660. The van der Waals surface area contributed by atoms with Gasteiger partial charge in [0.2, 0.25) is 0 Å². The van der Waals surface area contributed by atoms with Gasteiger partial charge in [-0.25, -0.2) is 10.8 Å². The summed E-state index contributed by atoms with van der Waals surface area (Å²) in [6.45, 7) is 7.28. The lowest BCUT2D eigenvalue weighted by molar-refractivity contribution is 0.0551. The molecule has 1 amide bonds. The molecule has 1 fully saturated rings. The molecule has 1 aromatic heterocycles. The fraction of sp³-hybridized carbons (Fsp3) is 0.625. The molecule has 1 saturated heterocycles. The third-order valence-electron chi connectivity index (χ3n) is 4.41. The monoisotopic (exact) mass is 290 g/mol. The van der Waals surface area contributed by atoms with Gasteiger partial charge in [0.15, 0.2) is 0 Å². The molecular weight excluding hydrogens is 264 g/mol. The number of carbonyl (C=O) groups is 1. The number of nitrogens with one attached hydrogen (secondary N) is 1. The van der Waals surface area contributed by atoms with Crippen LogP contribution in [0.15, 0.2) is 12.1 Å². The molecule has 0 spiro atoms. The number of aryl methyl sites for hydroxylation is 1. The molecule has 1 aliphatic heterocycles. The van der Waals surface area contributed by atoms with Crippen LogP contribution in [0.1, 0.15) is 56.1 Å². The zero-order valence-corrected chi connectivity index (χ0v) is 13.2. The standard InChI is InChI=1S/C16H26N4O/c1-4-6-14-9-13(10-15(18-14)19-17)16(21)20-8-5-7-11(2)12(20)3/h9-12H,4-8,17H2,1-3H3,(H,18,19). The Labute approximate surface area is 126 Å². The highest BCUT2D eigenvalue weighted by Crippen LogP contribution is 2.25. The number of hydrogen-bond acceptors (Lipinski definition) is 4. The fourth-order valence-corrected chi connectivity index (χ4v) is 2.96. The molecule has 0 radical (unpaired) electrons. The van der Waals surface area contributed by atoms with E-state index in [0.717, 1.165) is 31.5 Å². The number of nitrogens with two attached hydrogens (primary N) is 1. The number of piperidine rings is 1. The molecule has 0 bridgehead atoms. The van der Waals surface area contributed by atoms with E-state index >= 15 is 0 Å². The topological polar surface area (TPSA) is 71.2 Å². The van der Waals surface area contributed by atoms with Gasteiger partial charge in [-0.3, -0.25) is 4.79 Å². The van der Waals surface area contributed by atoms with Crippen molar-refractivity contribution in [1.29, 1.82) is 0 Å². The molecular formula is C16H26N4O. The van der Waals surface area contributed by atoms with E-state index in [1.54, 1.807) is 6.07 Å². The Morgan fingerprint density at radius 1 is 1.48 bits per heavy atom. The lowest BCUT2D eigenvalue weighted by atomic mass is 9.91. The maximum absolute atomic E-state index is 12.8. The van der Waals surface area contributed by atoms with Gasteiger partial charge in [0, 0.05) is 23.8 Å². The van der Waals surface area contributed by atoms with E-state index in [1.807, 2.05) is 11.0 Å². The minimum Gasteiger partial charge on any atom is -0.336 e. The van der Waals surface area contributed by atoms with E-state index < -0.39 is 0 Å². The molecule has 3 N–H and O–H groups in total. The Kier molecular flexibility index (Phi) is 5.17. The molecule has 2 unspecified atom stereocenters. The second kappa shape index (κ2) is 6.89. The molecule has 2 heterocycles. The van der Waals surface area contributed by atoms with Crippen LogP contribution in [0.3, 0.4) is 0 Å². The van der Waals surface area contributed by atoms with Gasteiger partial charge in [-0.05, 0) is 44.2 Å². The fourth-order valence-electron chi connectivity index (χ4n) is 2.96. The van der Waals surface area contributed by atoms with Crippen molar-refractivity contribution >= 4 is 11.7 Å². The van der Waals surface area contributed by atoms with Gasteiger partial charge in [0.05, 0.1) is 0 Å². The molecule has 0 aliphatic carbocycles. The summed E-state index contributed by atoms with van der Waals surface area (Å²) in [6.07, 6.45) is 4.11. The van der Waals surface area contributed by atoms with Gasteiger partial charge in [0.1, 0.15) is 5.82 Å². The Bertz CT molecular complexity index is 503. The van der Waals surface area contributed by atoms with Crippen LogP contribution >= 0.6 is 0 Å². The molecule has 21 heavy (non-hydrogen) atoms. The van der Waals surface area contributed by atoms with Gasteiger partial charge < -0.3 is 10.3 Å².